The number of rotatable bonds is 6. The summed E-state index contributed by atoms with van der Waals surface area (Å²) in [5, 5.41) is 10.8. The number of non-ortho nitro benzene ring substituents is 1. The van der Waals surface area contributed by atoms with Crippen molar-refractivity contribution in [1.82, 2.24) is 9.21 Å². The molecular formula is C24H29N3O5S. The maximum atomic E-state index is 13.2. The number of benzene rings is 2. The van der Waals surface area contributed by atoms with E-state index in [0.29, 0.717) is 38.4 Å². The Hall–Kier alpha value is -2.78. The smallest absolute Gasteiger partial charge is 0.269 e. The van der Waals surface area contributed by atoms with Crippen molar-refractivity contribution in [3.8, 4) is 0 Å². The molecule has 0 aliphatic carbocycles. The van der Waals surface area contributed by atoms with Gasteiger partial charge in [0.25, 0.3) is 5.69 Å². The molecule has 1 unspecified atom stereocenters. The molecule has 0 radical (unpaired) electrons. The first kappa shape index (κ1) is 23.4. The van der Waals surface area contributed by atoms with E-state index in [9.17, 15) is 23.3 Å². The third-order valence-corrected chi connectivity index (χ3v) is 8.59. The SMILES string of the molecule is O=C(C1CCCN(S(=O)(=O)c2ccc([N+](=O)[O-])cc2)C1)N1CCC(Cc2ccccc2)CC1. The summed E-state index contributed by atoms with van der Waals surface area (Å²) in [4.78, 5) is 25.4. The zero-order chi connectivity index (χ0) is 23.4. The second-order valence-corrected chi connectivity index (χ2v) is 10.8. The number of carbonyl (C=O) groups excluding carboxylic acids is 1. The van der Waals surface area contributed by atoms with E-state index in [0.717, 1.165) is 19.3 Å². The van der Waals surface area contributed by atoms with Gasteiger partial charge in [0.2, 0.25) is 15.9 Å². The molecule has 0 spiro atoms. The molecule has 9 heteroatoms. The van der Waals surface area contributed by atoms with Crippen LogP contribution < -0.4 is 0 Å². The number of hydrogen-bond donors (Lipinski definition) is 0. The van der Waals surface area contributed by atoms with Crippen LogP contribution in [0.25, 0.3) is 0 Å². The molecule has 0 N–H and O–H groups in total. The Morgan fingerprint density at radius 1 is 0.970 bits per heavy atom. The van der Waals surface area contributed by atoms with Gasteiger partial charge < -0.3 is 4.90 Å². The van der Waals surface area contributed by atoms with Gasteiger partial charge in [-0.3, -0.25) is 14.9 Å². The minimum Gasteiger partial charge on any atom is -0.342 e. The molecule has 2 saturated heterocycles. The first-order valence-corrected chi connectivity index (χ1v) is 12.9. The number of nitrogens with zero attached hydrogens (tertiary/aromatic N) is 3. The fourth-order valence-electron chi connectivity index (χ4n) is 4.81. The predicted molar refractivity (Wildman–Crippen MR) is 124 cm³/mol. The van der Waals surface area contributed by atoms with Crippen LogP contribution in [0.5, 0.6) is 0 Å². The zero-order valence-corrected chi connectivity index (χ0v) is 19.3. The first-order valence-electron chi connectivity index (χ1n) is 11.4. The maximum Gasteiger partial charge on any atom is 0.269 e. The van der Waals surface area contributed by atoms with Gasteiger partial charge in [-0.25, -0.2) is 8.42 Å². The highest BCUT2D eigenvalue weighted by atomic mass is 32.2. The number of sulfonamides is 1. The summed E-state index contributed by atoms with van der Waals surface area (Å²) in [7, 11) is -3.81. The molecule has 2 heterocycles. The lowest BCUT2D eigenvalue weighted by Crippen LogP contribution is -2.48. The Bertz CT molecular complexity index is 1080. The average molecular weight is 472 g/mol. The van der Waals surface area contributed by atoms with Crippen LogP contribution in [-0.4, -0.2) is 54.6 Å². The van der Waals surface area contributed by atoms with Gasteiger partial charge in [-0.05, 0) is 55.7 Å². The van der Waals surface area contributed by atoms with Crippen molar-refractivity contribution in [2.45, 2.75) is 37.0 Å². The second kappa shape index (κ2) is 10.0. The summed E-state index contributed by atoms with van der Waals surface area (Å²) in [6, 6.07) is 15.3. The molecule has 2 aliphatic rings. The van der Waals surface area contributed by atoms with Crippen molar-refractivity contribution in [2.75, 3.05) is 26.2 Å². The van der Waals surface area contributed by atoms with Gasteiger partial charge in [-0.1, -0.05) is 30.3 Å². The van der Waals surface area contributed by atoms with Crippen LogP contribution in [0.2, 0.25) is 0 Å². The molecule has 1 amide bonds. The molecule has 8 nitrogen and oxygen atoms in total. The minimum atomic E-state index is -3.81. The van der Waals surface area contributed by atoms with Crippen LogP contribution >= 0.6 is 0 Å². The van der Waals surface area contributed by atoms with Crippen molar-refractivity contribution in [3.63, 3.8) is 0 Å². The van der Waals surface area contributed by atoms with Gasteiger partial charge in [0.1, 0.15) is 0 Å². The summed E-state index contributed by atoms with van der Waals surface area (Å²) >= 11 is 0. The van der Waals surface area contributed by atoms with Gasteiger partial charge in [0.05, 0.1) is 15.7 Å². The van der Waals surface area contributed by atoms with E-state index < -0.39 is 14.9 Å². The molecule has 0 bridgehead atoms. The van der Waals surface area contributed by atoms with Gasteiger partial charge >= 0.3 is 0 Å². The normalized spacial score (nSPS) is 20.5. The third-order valence-electron chi connectivity index (χ3n) is 6.71. The summed E-state index contributed by atoms with van der Waals surface area (Å²) in [6.45, 7) is 1.92. The molecule has 2 aliphatic heterocycles. The van der Waals surface area contributed by atoms with Crippen molar-refractivity contribution < 1.29 is 18.1 Å². The van der Waals surface area contributed by atoms with Gasteiger partial charge in [-0.2, -0.15) is 4.31 Å². The Morgan fingerprint density at radius 3 is 2.27 bits per heavy atom. The summed E-state index contributed by atoms with van der Waals surface area (Å²) in [5.74, 6) is 0.246. The number of likely N-dealkylation sites (tertiary alicyclic amines) is 1. The van der Waals surface area contributed by atoms with E-state index >= 15 is 0 Å². The molecule has 33 heavy (non-hydrogen) atoms. The van der Waals surface area contributed by atoms with Gasteiger partial charge in [-0.15, -0.1) is 0 Å². The van der Waals surface area contributed by atoms with E-state index in [4.69, 9.17) is 0 Å². The number of amides is 1. The fraction of sp³-hybridized carbons (Fsp3) is 0.458. The zero-order valence-electron chi connectivity index (χ0n) is 18.5. The fourth-order valence-corrected chi connectivity index (χ4v) is 6.34. The van der Waals surface area contributed by atoms with Crippen molar-refractivity contribution >= 4 is 21.6 Å². The van der Waals surface area contributed by atoms with E-state index in [2.05, 4.69) is 12.1 Å². The van der Waals surface area contributed by atoms with Crippen molar-refractivity contribution in [3.05, 3.63) is 70.3 Å². The number of carbonyl (C=O) groups is 1. The maximum absolute atomic E-state index is 13.2. The lowest BCUT2D eigenvalue weighted by Gasteiger charge is -2.37. The van der Waals surface area contributed by atoms with Gasteiger partial charge in [0, 0.05) is 38.3 Å². The number of piperidine rings is 2. The number of nitro groups is 1. The highest BCUT2D eigenvalue weighted by molar-refractivity contribution is 7.89. The Kier molecular flexibility index (Phi) is 7.09. The van der Waals surface area contributed by atoms with E-state index in [1.54, 1.807) is 0 Å². The standard InChI is InChI=1S/C24H29N3O5S/c28-24(25-15-12-20(13-16-25)17-19-5-2-1-3-6-19)21-7-4-14-26(18-21)33(31,32)23-10-8-22(9-11-23)27(29)30/h1-3,5-6,8-11,20-21H,4,7,12-18H2. The average Bonchev–Trinajstić information content (AvgIpc) is 2.85. The minimum absolute atomic E-state index is 0.0166. The molecule has 0 aromatic heterocycles. The lowest BCUT2D eigenvalue weighted by molar-refractivity contribution is -0.384. The molecule has 2 aromatic rings. The first-order chi connectivity index (χ1) is 15.8. The van der Waals surface area contributed by atoms with Crippen LogP contribution in [0, 0.1) is 22.0 Å². The summed E-state index contributed by atoms with van der Waals surface area (Å²) in [6.07, 6.45) is 4.23. The summed E-state index contributed by atoms with van der Waals surface area (Å²) in [5.41, 5.74) is 1.16. The molecule has 0 saturated carbocycles. The van der Waals surface area contributed by atoms with Crippen LogP contribution in [0.15, 0.2) is 59.5 Å². The molecule has 4 rings (SSSR count). The van der Waals surface area contributed by atoms with Crippen LogP contribution in [0.1, 0.15) is 31.2 Å². The molecule has 176 valence electrons. The Morgan fingerprint density at radius 2 is 1.64 bits per heavy atom. The second-order valence-electron chi connectivity index (χ2n) is 8.91. The molecule has 2 fully saturated rings. The lowest BCUT2D eigenvalue weighted by atomic mass is 9.89. The Balaban J connectivity index is 1.35. The Labute approximate surface area is 194 Å². The van der Waals surface area contributed by atoms with Crippen LogP contribution in [0.4, 0.5) is 5.69 Å². The number of hydrogen-bond acceptors (Lipinski definition) is 5. The highest BCUT2D eigenvalue weighted by Gasteiger charge is 2.36. The monoisotopic (exact) mass is 471 g/mol. The topological polar surface area (TPSA) is 101 Å². The van der Waals surface area contributed by atoms with E-state index in [1.807, 2.05) is 23.1 Å². The third kappa shape index (κ3) is 5.42. The van der Waals surface area contributed by atoms with Crippen LogP contribution in [0.3, 0.4) is 0 Å². The van der Waals surface area contributed by atoms with Crippen molar-refractivity contribution in [2.24, 2.45) is 11.8 Å². The molecular weight excluding hydrogens is 442 g/mol. The van der Waals surface area contributed by atoms with E-state index in [-0.39, 0.29) is 29.0 Å². The predicted octanol–water partition coefficient (Wildman–Crippen LogP) is 3.48. The summed E-state index contributed by atoms with van der Waals surface area (Å²) < 4.78 is 27.5. The van der Waals surface area contributed by atoms with Crippen molar-refractivity contribution in [1.29, 1.82) is 0 Å². The highest BCUT2D eigenvalue weighted by Crippen LogP contribution is 2.28. The largest absolute Gasteiger partial charge is 0.342 e. The van der Waals surface area contributed by atoms with E-state index in [1.165, 1.54) is 34.1 Å². The molecule has 2 aromatic carbocycles. The van der Waals surface area contributed by atoms with Gasteiger partial charge in [0.15, 0.2) is 0 Å². The quantitative estimate of drug-likeness (QED) is 0.474. The number of nitro benzene ring substituents is 1. The van der Waals surface area contributed by atoms with Crippen LogP contribution in [-0.2, 0) is 21.2 Å². The molecule has 1 atom stereocenters.